The first-order valence-electron chi connectivity index (χ1n) is 8.22. The Hall–Kier alpha value is -2.41. The predicted molar refractivity (Wildman–Crippen MR) is 109 cm³/mol. The Morgan fingerprint density at radius 3 is 2.42 bits per heavy atom. The van der Waals surface area contributed by atoms with E-state index in [-0.39, 0.29) is 0 Å². The molecular formula is C19H24BrN3O3. The normalized spacial score (nSPS) is 11.0. The van der Waals surface area contributed by atoms with Crippen LogP contribution < -0.4 is 24.8 Å². The number of nitrogens with zero attached hydrogens (tertiary/aromatic N) is 1. The molecule has 0 radical (unpaired) electrons. The Kier molecular flexibility index (Phi) is 7.59. The number of halogens is 1. The van der Waals surface area contributed by atoms with Crippen LogP contribution in [0.1, 0.15) is 12.5 Å². The quantitative estimate of drug-likeness (QED) is 0.521. The molecule has 0 aromatic heterocycles. The maximum absolute atomic E-state index is 5.61. The van der Waals surface area contributed by atoms with Gasteiger partial charge in [0.25, 0.3) is 0 Å². The monoisotopic (exact) mass is 421 g/mol. The Morgan fingerprint density at radius 2 is 1.77 bits per heavy atom. The molecule has 0 bridgehead atoms. The van der Waals surface area contributed by atoms with Gasteiger partial charge in [-0.3, -0.25) is 4.99 Å². The summed E-state index contributed by atoms with van der Waals surface area (Å²) >= 11 is 3.48. The van der Waals surface area contributed by atoms with Crippen molar-refractivity contribution in [1.29, 1.82) is 0 Å². The Balaban J connectivity index is 2.08. The molecule has 0 saturated carbocycles. The number of benzene rings is 2. The van der Waals surface area contributed by atoms with Gasteiger partial charge in [0.1, 0.15) is 5.75 Å². The molecule has 0 spiro atoms. The Labute approximate surface area is 162 Å². The van der Waals surface area contributed by atoms with Crippen molar-refractivity contribution in [2.45, 2.75) is 13.5 Å². The van der Waals surface area contributed by atoms with Crippen LogP contribution in [-0.2, 0) is 6.54 Å². The second-order valence-corrected chi connectivity index (χ2v) is 6.22. The van der Waals surface area contributed by atoms with Crippen LogP contribution in [-0.4, -0.2) is 33.8 Å². The third-order valence-electron chi connectivity index (χ3n) is 3.64. The summed E-state index contributed by atoms with van der Waals surface area (Å²) in [5.41, 5.74) is 1.87. The highest BCUT2D eigenvalue weighted by Crippen LogP contribution is 2.30. The van der Waals surface area contributed by atoms with Crippen molar-refractivity contribution in [2.75, 3.05) is 33.2 Å². The van der Waals surface area contributed by atoms with E-state index in [1.54, 1.807) is 21.3 Å². The van der Waals surface area contributed by atoms with Crippen molar-refractivity contribution in [3.63, 3.8) is 0 Å². The van der Waals surface area contributed by atoms with Gasteiger partial charge in [-0.2, -0.15) is 0 Å². The number of anilines is 1. The lowest BCUT2D eigenvalue weighted by atomic mass is 10.2. The number of aliphatic imine (C=N–C) groups is 1. The van der Waals surface area contributed by atoms with Gasteiger partial charge in [-0.1, -0.05) is 15.9 Å². The van der Waals surface area contributed by atoms with Crippen LogP contribution in [0, 0.1) is 0 Å². The number of nitrogens with one attached hydrogen (secondary N) is 2. The maximum Gasteiger partial charge on any atom is 0.195 e. The molecule has 0 aliphatic heterocycles. The Bertz CT molecular complexity index is 766. The van der Waals surface area contributed by atoms with Crippen molar-refractivity contribution >= 4 is 27.6 Å². The number of guanidine groups is 1. The summed E-state index contributed by atoms with van der Waals surface area (Å²) in [5.74, 6) is 2.84. The zero-order chi connectivity index (χ0) is 18.9. The fraction of sp³-hybridized carbons (Fsp3) is 0.316. The molecule has 0 atom stereocenters. The lowest BCUT2D eigenvalue weighted by Gasteiger charge is -2.15. The van der Waals surface area contributed by atoms with E-state index >= 15 is 0 Å². The summed E-state index contributed by atoms with van der Waals surface area (Å²) in [4.78, 5) is 4.26. The van der Waals surface area contributed by atoms with E-state index in [0.29, 0.717) is 30.6 Å². The molecule has 0 fully saturated rings. The summed E-state index contributed by atoms with van der Waals surface area (Å²) < 4.78 is 17.3. The number of methoxy groups -OCH3 is 2. The van der Waals surface area contributed by atoms with Gasteiger partial charge >= 0.3 is 0 Å². The van der Waals surface area contributed by atoms with Crippen LogP contribution >= 0.6 is 15.9 Å². The van der Waals surface area contributed by atoms with Crippen LogP contribution in [0.3, 0.4) is 0 Å². The average molecular weight is 422 g/mol. The van der Waals surface area contributed by atoms with E-state index in [0.717, 1.165) is 21.5 Å². The molecule has 0 saturated heterocycles. The molecular weight excluding hydrogens is 398 g/mol. The second-order valence-electron chi connectivity index (χ2n) is 5.31. The fourth-order valence-corrected chi connectivity index (χ4v) is 2.81. The van der Waals surface area contributed by atoms with Crippen molar-refractivity contribution in [3.8, 4) is 17.2 Å². The van der Waals surface area contributed by atoms with Gasteiger partial charge in [-0.15, -0.1) is 0 Å². The van der Waals surface area contributed by atoms with E-state index in [2.05, 4.69) is 31.6 Å². The molecule has 0 amide bonds. The van der Waals surface area contributed by atoms with Crippen molar-refractivity contribution in [1.82, 2.24) is 5.32 Å². The first-order valence-corrected chi connectivity index (χ1v) is 9.01. The van der Waals surface area contributed by atoms with Gasteiger partial charge in [0, 0.05) is 35.4 Å². The molecule has 2 N–H and O–H groups in total. The zero-order valence-corrected chi connectivity index (χ0v) is 17.0. The van der Waals surface area contributed by atoms with Gasteiger partial charge in [-0.05, 0) is 37.3 Å². The zero-order valence-electron chi connectivity index (χ0n) is 15.4. The Morgan fingerprint density at radius 1 is 1.04 bits per heavy atom. The molecule has 0 heterocycles. The van der Waals surface area contributed by atoms with E-state index in [9.17, 15) is 0 Å². The van der Waals surface area contributed by atoms with Crippen LogP contribution in [0.5, 0.6) is 17.2 Å². The molecule has 2 aromatic rings. The van der Waals surface area contributed by atoms with Gasteiger partial charge in [0.2, 0.25) is 0 Å². The minimum Gasteiger partial charge on any atom is -0.496 e. The lowest BCUT2D eigenvalue weighted by Crippen LogP contribution is -2.30. The van der Waals surface area contributed by atoms with Crippen molar-refractivity contribution < 1.29 is 14.2 Å². The topological polar surface area (TPSA) is 64.1 Å². The molecule has 0 aliphatic rings. The number of rotatable bonds is 7. The number of hydrogen-bond donors (Lipinski definition) is 2. The third-order valence-corrected chi connectivity index (χ3v) is 4.13. The summed E-state index contributed by atoms with van der Waals surface area (Å²) in [5, 5.41) is 6.53. The summed E-state index contributed by atoms with van der Waals surface area (Å²) in [6.07, 6.45) is 0. The highest BCUT2D eigenvalue weighted by atomic mass is 79.9. The standard InChI is InChI=1S/C19H24BrN3O3/c1-5-26-18-11-15(7-9-17(18)25-4)23-19(21-2)22-12-13-10-14(20)6-8-16(13)24-3/h6-11H,5,12H2,1-4H3,(H2,21,22,23). The third kappa shape index (κ3) is 5.29. The van der Waals surface area contributed by atoms with Crippen LogP contribution in [0.25, 0.3) is 0 Å². The molecule has 2 rings (SSSR count). The highest BCUT2D eigenvalue weighted by molar-refractivity contribution is 9.10. The second kappa shape index (κ2) is 9.91. The van der Waals surface area contributed by atoms with Gasteiger partial charge < -0.3 is 24.8 Å². The van der Waals surface area contributed by atoms with Crippen molar-refractivity contribution in [3.05, 3.63) is 46.4 Å². The number of hydrogen-bond acceptors (Lipinski definition) is 4. The molecule has 140 valence electrons. The molecule has 26 heavy (non-hydrogen) atoms. The smallest absolute Gasteiger partial charge is 0.195 e. The minimum absolute atomic E-state index is 0.565. The molecule has 7 heteroatoms. The lowest BCUT2D eigenvalue weighted by molar-refractivity contribution is 0.311. The van der Waals surface area contributed by atoms with Gasteiger partial charge in [-0.25, -0.2) is 0 Å². The van der Waals surface area contributed by atoms with Gasteiger partial charge in [0.05, 0.1) is 20.8 Å². The van der Waals surface area contributed by atoms with Crippen LogP contribution in [0.15, 0.2) is 45.9 Å². The largest absolute Gasteiger partial charge is 0.496 e. The highest BCUT2D eigenvalue weighted by Gasteiger charge is 2.08. The van der Waals surface area contributed by atoms with Crippen LogP contribution in [0.2, 0.25) is 0 Å². The maximum atomic E-state index is 5.61. The fourth-order valence-electron chi connectivity index (χ4n) is 2.40. The van der Waals surface area contributed by atoms with E-state index in [1.165, 1.54) is 0 Å². The first kappa shape index (κ1) is 19.9. The SMILES string of the molecule is CCOc1cc(NC(=NC)NCc2cc(Br)ccc2OC)ccc1OC. The molecule has 6 nitrogen and oxygen atoms in total. The predicted octanol–water partition coefficient (Wildman–Crippen LogP) is 4.05. The molecule has 0 unspecified atom stereocenters. The van der Waals surface area contributed by atoms with Gasteiger partial charge in [0.15, 0.2) is 17.5 Å². The first-order chi connectivity index (χ1) is 12.6. The number of ether oxygens (including phenoxy) is 3. The summed E-state index contributed by atoms with van der Waals surface area (Å²) in [6, 6.07) is 11.5. The van der Waals surface area contributed by atoms with E-state index < -0.39 is 0 Å². The molecule has 2 aromatic carbocycles. The summed E-state index contributed by atoms with van der Waals surface area (Å²) in [6.45, 7) is 3.07. The average Bonchev–Trinajstić information content (AvgIpc) is 2.65. The van der Waals surface area contributed by atoms with Crippen LogP contribution in [0.4, 0.5) is 5.69 Å². The van der Waals surface area contributed by atoms with E-state index in [1.807, 2.05) is 43.3 Å². The van der Waals surface area contributed by atoms with Crippen molar-refractivity contribution in [2.24, 2.45) is 4.99 Å². The summed E-state index contributed by atoms with van der Waals surface area (Å²) in [7, 11) is 5.00. The van der Waals surface area contributed by atoms with E-state index in [4.69, 9.17) is 14.2 Å². The molecule has 0 aliphatic carbocycles. The minimum atomic E-state index is 0.565.